The van der Waals surface area contributed by atoms with Crippen molar-refractivity contribution in [2.75, 3.05) is 11.6 Å². The summed E-state index contributed by atoms with van der Waals surface area (Å²) in [7, 11) is 0. The molecule has 5 heteroatoms. The van der Waals surface area contributed by atoms with Gasteiger partial charge in [0.15, 0.2) is 5.82 Å². The normalized spacial score (nSPS) is 10.5. The molecule has 1 aromatic heterocycles. The lowest BCUT2D eigenvalue weighted by molar-refractivity contribution is 0.627. The maximum atomic E-state index is 12.9. The molecule has 2 aromatic rings. The fourth-order valence-corrected chi connectivity index (χ4v) is 1.47. The van der Waals surface area contributed by atoms with E-state index in [4.69, 9.17) is 11.6 Å². The van der Waals surface area contributed by atoms with Gasteiger partial charge in [-0.05, 0) is 30.7 Å². The van der Waals surface area contributed by atoms with Gasteiger partial charge in [0.25, 0.3) is 0 Å². The average Bonchev–Trinajstić information content (AvgIpc) is 2.49. The van der Waals surface area contributed by atoms with E-state index in [0.717, 1.165) is 11.1 Å². The van der Waals surface area contributed by atoms with Gasteiger partial charge in [-0.1, -0.05) is 0 Å². The van der Waals surface area contributed by atoms with Crippen molar-refractivity contribution in [3.63, 3.8) is 0 Å². The van der Waals surface area contributed by atoms with Crippen LogP contribution in [0.3, 0.4) is 0 Å². The Balaban J connectivity index is 2.59. The second-order valence-corrected chi connectivity index (χ2v) is 3.34. The van der Waals surface area contributed by atoms with E-state index in [1.54, 1.807) is 13.0 Å². The SMILES string of the molecule is Cc1cc(F)ccc1-c1ncn(N)c1N. The van der Waals surface area contributed by atoms with Gasteiger partial charge in [-0.25, -0.2) is 14.1 Å². The van der Waals surface area contributed by atoms with Crippen LogP contribution >= 0.6 is 0 Å². The highest BCUT2D eigenvalue weighted by atomic mass is 19.1. The Labute approximate surface area is 86.3 Å². The van der Waals surface area contributed by atoms with Gasteiger partial charge in [0.2, 0.25) is 0 Å². The Morgan fingerprint density at radius 1 is 1.40 bits per heavy atom. The molecule has 0 fully saturated rings. The number of rotatable bonds is 1. The Hall–Kier alpha value is -2.04. The van der Waals surface area contributed by atoms with E-state index >= 15 is 0 Å². The molecule has 0 unspecified atom stereocenters. The molecule has 78 valence electrons. The van der Waals surface area contributed by atoms with Crippen molar-refractivity contribution >= 4 is 5.82 Å². The number of aryl methyl sites for hydroxylation is 1. The molecule has 4 nitrogen and oxygen atoms in total. The smallest absolute Gasteiger partial charge is 0.150 e. The van der Waals surface area contributed by atoms with Crippen LogP contribution in [0.4, 0.5) is 10.2 Å². The van der Waals surface area contributed by atoms with Crippen molar-refractivity contribution < 1.29 is 4.39 Å². The number of nitrogen functional groups attached to an aromatic ring is 2. The molecule has 0 atom stereocenters. The predicted molar refractivity (Wildman–Crippen MR) is 56.9 cm³/mol. The minimum absolute atomic E-state index is 0.276. The Morgan fingerprint density at radius 2 is 2.13 bits per heavy atom. The van der Waals surface area contributed by atoms with E-state index in [9.17, 15) is 4.39 Å². The molecule has 0 bridgehead atoms. The summed E-state index contributed by atoms with van der Waals surface area (Å²) in [4.78, 5) is 4.07. The fraction of sp³-hybridized carbons (Fsp3) is 0.100. The van der Waals surface area contributed by atoms with Gasteiger partial charge < -0.3 is 11.6 Å². The first-order chi connectivity index (χ1) is 7.09. The van der Waals surface area contributed by atoms with Crippen molar-refractivity contribution in [1.82, 2.24) is 9.66 Å². The fourth-order valence-electron chi connectivity index (χ4n) is 1.47. The monoisotopic (exact) mass is 206 g/mol. The van der Waals surface area contributed by atoms with Crippen molar-refractivity contribution in [3.8, 4) is 11.3 Å². The Morgan fingerprint density at radius 3 is 2.67 bits per heavy atom. The van der Waals surface area contributed by atoms with Gasteiger partial charge in [-0.15, -0.1) is 0 Å². The summed E-state index contributed by atoms with van der Waals surface area (Å²) in [5, 5.41) is 0. The third-order valence-corrected chi connectivity index (χ3v) is 2.28. The quantitative estimate of drug-likeness (QED) is 0.691. The summed E-state index contributed by atoms with van der Waals surface area (Å²) < 4.78 is 14.1. The minimum Gasteiger partial charge on any atom is -0.382 e. The molecule has 2 rings (SSSR count). The second-order valence-electron chi connectivity index (χ2n) is 3.34. The van der Waals surface area contributed by atoms with Gasteiger partial charge in [0.05, 0.1) is 0 Å². The van der Waals surface area contributed by atoms with E-state index in [1.807, 2.05) is 0 Å². The summed E-state index contributed by atoms with van der Waals surface area (Å²) in [6, 6.07) is 4.45. The lowest BCUT2D eigenvalue weighted by Gasteiger charge is -2.04. The van der Waals surface area contributed by atoms with Crippen LogP contribution in [0.25, 0.3) is 11.3 Å². The number of imidazole rings is 1. The molecule has 0 spiro atoms. The average molecular weight is 206 g/mol. The molecule has 0 radical (unpaired) electrons. The highest BCUT2D eigenvalue weighted by Gasteiger charge is 2.10. The zero-order chi connectivity index (χ0) is 11.0. The first-order valence-corrected chi connectivity index (χ1v) is 4.44. The topological polar surface area (TPSA) is 69.9 Å². The number of halogens is 1. The molecule has 15 heavy (non-hydrogen) atoms. The first-order valence-electron chi connectivity index (χ1n) is 4.44. The van der Waals surface area contributed by atoms with Crippen LogP contribution in [0, 0.1) is 12.7 Å². The van der Waals surface area contributed by atoms with Gasteiger partial charge in [-0.3, -0.25) is 0 Å². The van der Waals surface area contributed by atoms with E-state index in [-0.39, 0.29) is 5.82 Å². The predicted octanol–water partition coefficient (Wildman–Crippen LogP) is 1.29. The maximum Gasteiger partial charge on any atom is 0.150 e. The third-order valence-electron chi connectivity index (χ3n) is 2.28. The molecule has 0 saturated carbocycles. The molecule has 1 heterocycles. The van der Waals surface area contributed by atoms with Crippen LogP contribution in [0.5, 0.6) is 0 Å². The summed E-state index contributed by atoms with van der Waals surface area (Å²) >= 11 is 0. The van der Waals surface area contributed by atoms with Crippen molar-refractivity contribution in [3.05, 3.63) is 35.9 Å². The number of nitrogens with two attached hydrogens (primary N) is 2. The minimum atomic E-state index is -0.276. The number of hydrogen-bond acceptors (Lipinski definition) is 3. The van der Waals surface area contributed by atoms with Crippen LogP contribution in [0.1, 0.15) is 5.56 Å². The molecule has 4 N–H and O–H groups in total. The number of anilines is 1. The van der Waals surface area contributed by atoms with E-state index in [1.165, 1.54) is 23.1 Å². The molecule has 0 aliphatic heterocycles. The van der Waals surface area contributed by atoms with Crippen LogP contribution < -0.4 is 11.6 Å². The summed E-state index contributed by atoms with van der Waals surface area (Å²) in [5.74, 6) is 5.60. The van der Waals surface area contributed by atoms with E-state index in [0.29, 0.717) is 11.5 Å². The summed E-state index contributed by atoms with van der Waals surface area (Å²) in [6.07, 6.45) is 1.42. The highest BCUT2D eigenvalue weighted by molar-refractivity contribution is 5.73. The number of hydrogen-bond donors (Lipinski definition) is 2. The number of benzene rings is 1. The first kappa shape index (κ1) is 9.51. The van der Waals surface area contributed by atoms with Crippen LogP contribution in [0.15, 0.2) is 24.5 Å². The molecular weight excluding hydrogens is 195 g/mol. The molecule has 0 saturated heterocycles. The zero-order valence-corrected chi connectivity index (χ0v) is 8.24. The lowest BCUT2D eigenvalue weighted by Crippen LogP contribution is -2.10. The van der Waals surface area contributed by atoms with Crippen LogP contribution in [-0.2, 0) is 0 Å². The summed E-state index contributed by atoms with van der Waals surface area (Å²) in [5.41, 5.74) is 7.87. The molecule has 0 amide bonds. The van der Waals surface area contributed by atoms with Crippen molar-refractivity contribution in [1.29, 1.82) is 0 Å². The van der Waals surface area contributed by atoms with Gasteiger partial charge in [0.1, 0.15) is 17.8 Å². The number of aromatic nitrogens is 2. The van der Waals surface area contributed by atoms with E-state index in [2.05, 4.69) is 4.98 Å². The lowest BCUT2D eigenvalue weighted by atomic mass is 10.1. The third kappa shape index (κ3) is 1.52. The molecular formula is C10H11FN4. The van der Waals surface area contributed by atoms with E-state index < -0.39 is 0 Å². The molecule has 1 aromatic carbocycles. The zero-order valence-electron chi connectivity index (χ0n) is 8.24. The van der Waals surface area contributed by atoms with Crippen LogP contribution in [0.2, 0.25) is 0 Å². The standard InChI is InChI=1S/C10H11FN4/c1-6-4-7(11)2-3-8(6)9-10(12)15(13)5-14-9/h2-5H,12-13H2,1H3. The van der Waals surface area contributed by atoms with Crippen molar-refractivity contribution in [2.24, 2.45) is 0 Å². The number of nitrogens with zero attached hydrogens (tertiary/aromatic N) is 2. The largest absolute Gasteiger partial charge is 0.382 e. The molecule has 0 aliphatic rings. The Bertz CT molecular complexity index is 504. The molecule has 0 aliphatic carbocycles. The van der Waals surface area contributed by atoms with Crippen molar-refractivity contribution in [2.45, 2.75) is 6.92 Å². The highest BCUT2D eigenvalue weighted by Crippen LogP contribution is 2.26. The Kier molecular flexibility index (Phi) is 2.07. The van der Waals surface area contributed by atoms with Gasteiger partial charge in [-0.2, -0.15) is 0 Å². The van der Waals surface area contributed by atoms with Gasteiger partial charge >= 0.3 is 0 Å². The summed E-state index contributed by atoms with van der Waals surface area (Å²) in [6.45, 7) is 1.80. The maximum absolute atomic E-state index is 12.9. The van der Waals surface area contributed by atoms with Crippen LogP contribution in [-0.4, -0.2) is 9.66 Å². The van der Waals surface area contributed by atoms with Gasteiger partial charge in [0, 0.05) is 5.56 Å². The second kappa shape index (κ2) is 3.27.